The minimum Gasteiger partial charge on any atom is -0.350 e. The van der Waals surface area contributed by atoms with Crippen LogP contribution in [0.4, 0.5) is 0 Å². The summed E-state index contributed by atoms with van der Waals surface area (Å²) >= 11 is 7.39. The summed E-state index contributed by atoms with van der Waals surface area (Å²) in [6.45, 7) is 12.9. The van der Waals surface area contributed by atoms with Gasteiger partial charge >= 0.3 is 0 Å². The maximum absolute atomic E-state index is 12.2. The highest BCUT2D eigenvalue weighted by Crippen LogP contribution is 2.26. The first-order chi connectivity index (χ1) is 9.00. The molecular formula is C14H24ClN3OS. The van der Waals surface area contributed by atoms with Crippen LogP contribution < -0.4 is 5.32 Å². The van der Waals surface area contributed by atoms with Gasteiger partial charge in [0, 0.05) is 12.0 Å². The van der Waals surface area contributed by atoms with E-state index in [1.807, 2.05) is 20.8 Å². The standard InChI is InChI=1S/C14H24ClN3OS/c1-13(2,3)7-9(15)8-16-12(19)10-11(14(4,5)6)17-18-20-10/h9H,7-8H2,1-6H3,(H,16,19). The number of halogens is 1. The molecule has 6 heteroatoms. The fourth-order valence-electron chi connectivity index (χ4n) is 1.85. The summed E-state index contributed by atoms with van der Waals surface area (Å²) in [5, 5.41) is 6.88. The number of alkyl halides is 1. The van der Waals surface area contributed by atoms with Crippen molar-refractivity contribution in [1.82, 2.24) is 14.9 Å². The van der Waals surface area contributed by atoms with Gasteiger partial charge in [-0.3, -0.25) is 4.79 Å². The van der Waals surface area contributed by atoms with Gasteiger partial charge in [0.05, 0.1) is 11.1 Å². The van der Waals surface area contributed by atoms with Crippen molar-refractivity contribution in [3.8, 4) is 0 Å². The summed E-state index contributed by atoms with van der Waals surface area (Å²) in [5.74, 6) is -0.135. The van der Waals surface area contributed by atoms with Gasteiger partial charge < -0.3 is 5.32 Å². The van der Waals surface area contributed by atoms with Crippen LogP contribution in [-0.2, 0) is 5.41 Å². The molecule has 0 radical (unpaired) electrons. The SMILES string of the molecule is CC(C)(C)CC(Cl)CNC(=O)c1snnc1C(C)(C)C. The van der Waals surface area contributed by atoms with Crippen LogP contribution >= 0.6 is 23.1 Å². The molecule has 1 heterocycles. The van der Waals surface area contributed by atoms with Crippen molar-refractivity contribution in [3.63, 3.8) is 0 Å². The van der Waals surface area contributed by atoms with Gasteiger partial charge in [-0.2, -0.15) is 0 Å². The summed E-state index contributed by atoms with van der Waals surface area (Å²) < 4.78 is 3.89. The molecule has 0 aliphatic carbocycles. The zero-order valence-corrected chi connectivity index (χ0v) is 14.7. The molecule has 0 spiro atoms. The van der Waals surface area contributed by atoms with Gasteiger partial charge in [0.2, 0.25) is 0 Å². The average molecular weight is 318 g/mol. The molecule has 20 heavy (non-hydrogen) atoms. The van der Waals surface area contributed by atoms with Gasteiger partial charge in [0.15, 0.2) is 0 Å². The number of carbonyl (C=O) groups is 1. The first-order valence-electron chi connectivity index (χ1n) is 6.76. The molecule has 0 aliphatic heterocycles. The van der Waals surface area contributed by atoms with Crippen LogP contribution in [0.2, 0.25) is 0 Å². The van der Waals surface area contributed by atoms with Crippen LogP contribution in [0.1, 0.15) is 63.3 Å². The average Bonchev–Trinajstić information content (AvgIpc) is 2.71. The Morgan fingerprint density at radius 1 is 1.30 bits per heavy atom. The maximum Gasteiger partial charge on any atom is 0.265 e. The number of rotatable bonds is 4. The van der Waals surface area contributed by atoms with E-state index < -0.39 is 0 Å². The summed E-state index contributed by atoms with van der Waals surface area (Å²) in [4.78, 5) is 12.8. The van der Waals surface area contributed by atoms with Crippen molar-refractivity contribution in [3.05, 3.63) is 10.6 Å². The molecule has 1 aromatic heterocycles. The van der Waals surface area contributed by atoms with E-state index >= 15 is 0 Å². The molecule has 0 bridgehead atoms. The maximum atomic E-state index is 12.2. The zero-order valence-electron chi connectivity index (χ0n) is 13.1. The molecule has 1 amide bonds. The summed E-state index contributed by atoms with van der Waals surface area (Å²) in [6.07, 6.45) is 0.849. The van der Waals surface area contributed by atoms with Gasteiger partial charge in [0.25, 0.3) is 5.91 Å². The van der Waals surface area contributed by atoms with E-state index in [-0.39, 0.29) is 22.1 Å². The number of hydrogen-bond donors (Lipinski definition) is 1. The van der Waals surface area contributed by atoms with E-state index in [1.54, 1.807) is 0 Å². The molecular weight excluding hydrogens is 294 g/mol. The Morgan fingerprint density at radius 3 is 2.40 bits per heavy atom. The number of nitrogens with one attached hydrogen (secondary N) is 1. The molecule has 114 valence electrons. The van der Waals surface area contributed by atoms with Crippen molar-refractivity contribution in [1.29, 1.82) is 0 Å². The third kappa shape index (κ3) is 5.37. The summed E-state index contributed by atoms with van der Waals surface area (Å²) in [6, 6.07) is 0. The molecule has 4 nitrogen and oxygen atoms in total. The topological polar surface area (TPSA) is 54.9 Å². The predicted octanol–water partition coefficient (Wildman–Crippen LogP) is 3.61. The van der Waals surface area contributed by atoms with Crippen LogP contribution in [0.5, 0.6) is 0 Å². The molecule has 1 aromatic rings. The van der Waals surface area contributed by atoms with E-state index in [0.717, 1.165) is 23.6 Å². The lowest BCUT2D eigenvalue weighted by atomic mass is 9.90. The van der Waals surface area contributed by atoms with E-state index in [1.165, 1.54) is 0 Å². The van der Waals surface area contributed by atoms with Crippen LogP contribution in [0.25, 0.3) is 0 Å². The number of nitrogens with zero attached hydrogens (tertiary/aromatic N) is 2. The Hall–Kier alpha value is -0.680. The van der Waals surface area contributed by atoms with Crippen molar-refractivity contribution >= 4 is 29.0 Å². The molecule has 0 saturated heterocycles. The lowest BCUT2D eigenvalue weighted by Crippen LogP contribution is -2.32. The highest BCUT2D eigenvalue weighted by Gasteiger charge is 2.26. The molecule has 0 aliphatic rings. The van der Waals surface area contributed by atoms with Crippen molar-refractivity contribution in [2.45, 2.75) is 58.8 Å². The van der Waals surface area contributed by atoms with E-state index in [4.69, 9.17) is 11.6 Å². The Kier molecular flexibility index (Phi) is 5.55. The third-order valence-corrected chi connectivity index (χ3v) is 3.76. The second kappa shape index (κ2) is 6.39. The number of hydrogen-bond acceptors (Lipinski definition) is 4. The van der Waals surface area contributed by atoms with Crippen molar-refractivity contribution < 1.29 is 4.79 Å². The Balaban J connectivity index is 2.63. The molecule has 1 unspecified atom stereocenters. The largest absolute Gasteiger partial charge is 0.350 e. The second-order valence-corrected chi connectivity index (χ2v) is 8.64. The molecule has 0 saturated carbocycles. The van der Waals surface area contributed by atoms with E-state index in [2.05, 4.69) is 35.7 Å². The van der Waals surface area contributed by atoms with Gasteiger partial charge in [-0.15, -0.1) is 16.7 Å². The normalized spacial score (nSPS) is 14.2. The molecule has 1 atom stereocenters. The first-order valence-corrected chi connectivity index (χ1v) is 7.97. The molecule has 1 rings (SSSR count). The summed E-state index contributed by atoms with van der Waals surface area (Å²) in [7, 11) is 0. The Bertz CT molecular complexity index is 460. The highest BCUT2D eigenvalue weighted by molar-refractivity contribution is 7.08. The number of amides is 1. The summed E-state index contributed by atoms with van der Waals surface area (Å²) in [5.41, 5.74) is 0.701. The number of aromatic nitrogens is 2. The minimum absolute atomic E-state index is 0.0714. The highest BCUT2D eigenvalue weighted by atomic mass is 35.5. The van der Waals surface area contributed by atoms with Gasteiger partial charge in [-0.05, 0) is 23.4 Å². The zero-order chi connectivity index (χ0) is 15.6. The lowest BCUT2D eigenvalue weighted by Gasteiger charge is -2.22. The lowest BCUT2D eigenvalue weighted by molar-refractivity contribution is 0.0953. The second-order valence-electron chi connectivity index (χ2n) is 7.27. The van der Waals surface area contributed by atoms with Gasteiger partial charge in [-0.25, -0.2) is 0 Å². The van der Waals surface area contributed by atoms with Crippen molar-refractivity contribution in [2.75, 3.05) is 6.54 Å². The van der Waals surface area contributed by atoms with E-state index in [9.17, 15) is 4.79 Å². The number of carbonyl (C=O) groups excluding carboxylic acids is 1. The monoisotopic (exact) mass is 317 g/mol. The predicted molar refractivity (Wildman–Crippen MR) is 84.7 cm³/mol. The van der Waals surface area contributed by atoms with Crippen LogP contribution in [-0.4, -0.2) is 27.4 Å². The van der Waals surface area contributed by atoms with Gasteiger partial charge in [0.1, 0.15) is 4.88 Å². The van der Waals surface area contributed by atoms with Crippen LogP contribution in [0.15, 0.2) is 0 Å². The fraction of sp³-hybridized carbons (Fsp3) is 0.786. The molecule has 0 aromatic carbocycles. The molecule has 0 fully saturated rings. The molecule has 1 N–H and O–H groups in total. The van der Waals surface area contributed by atoms with Crippen LogP contribution in [0.3, 0.4) is 0 Å². The fourth-order valence-corrected chi connectivity index (χ4v) is 3.18. The Morgan fingerprint density at radius 2 is 1.90 bits per heavy atom. The third-order valence-electron chi connectivity index (χ3n) is 2.72. The van der Waals surface area contributed by atoms with E-state index in [0.29, 0.717) is 11.4 Å². The van der Waals surface area contributed by atoms with Crippen LogP contribution in [0, 0.1) is 5.41 Å². The van der Waals surface area contributed by atoms with Gasteiger partial charge in [-0.1, -0.05) is 46.0 Å². The quantitative estimate of drug-likeness (QED) is 0.863. The smallest absolute Gasteiger partial charge is 0.265 e. The Labute approximate surface area is 130 Å². The first kappa shape index (κ1) is 17.4. The van der Waals surface area contributed by atoms with Crippen molar-refractivity contribution in [2.24, 2.45) is 5.41 Å². The minimum atomic E-state index is -0.189.